The van der Waals surface area contributed by atoms with Crippen molar-refractivity contribution >= 4 is 0 Å². The number of aliphatic hydroxyl groups is 4. The lowest BCUT2D eigenvalue weighted by Crippen LogP contribution is -2.43. The summed E-state index contributed by atoms with van der Waals surface area (Å²) in [6.07, 6.45) is 1.49. The second kappa shape index (κ2) is 5.20. The lowest BCUT2D eigenvalue weighted by atomic mass is 10.0. The van der Waals surface area contributed by atoms with Crippen LogP contribution < -0.4 is 0 Å². The molecule has 2 fully saturated rings. The van der Waals surface area contributed by atoms with Gasteiger partial charge < -0.3 is 20.4 Å². The van der Waals surface area contributed by atoms with Crippen LogP contribution in [0, 0.1) is 0 Å². The normalized spacial score (nSPS) is 43.9. The van der Waals surface area contributed by atoms with Crippen LogP contribution in [-0.2, 0) is 0 Å². The molecule has 0 saturated carbocycles. The number of rotatable bonds is 4. The van der Waals surface area contributed by atoms with E-state index in [1.54, 1.807) is 6.92 Å². The van der Waals surface area contributed by atoms with E-state index in [0.29, 0.717) is 0 Å². The molecule has 100 valence electrons. The van der Waals surface area contributed by atoms with Gasteiger partial charge in [-0.2, -0.15) is 0 Å². The van der Waals surface area contributed by atoms with Crippen LogP contribution in [0.5, 0.6) is 0 Å². The Kier molecular flexibility index (Phi) is 4.05. The fraction of sp³-hybridized carbons (Fsp3) is 1.00. The molecule has 2 aliphatic rings. The first-order valence-electron chi connectivity index (χ1n) is 6.48. The maximum absolute atomic E-state index is 9.91. The van der Waals surface area contributed by atoms with E-state index in [0.717, 1.165) is 25.7 Å². The molecule has 2 saturated heterocycles. The molecule has 0 spiro atoms. The van der Waals surface area contributed by atoms with Crippen LogP contribution in [0.4, 0.5) is 0 Å². The van der Waals surface area contributed by atoms with Crippen molar-refractivity contribution in [2.24, 2.45) is 0 Å². The SMILES string of the molecule is CC(O)CCC1CCC2C(O)C(O)C(CO)N12. The summed E-state index contributed by atoms with van der Waals surface area (Å²) in [6.45, 7) is 1.64. The first kappa shape index (κ1) is 13.2. The summed E-state index contributed by atoms with van der Waals surface area (Å²) in [5.74, 6) is 0. The molecule has 0 radical (unpaired) electrons. The van der Waals surface area contributed by atoms with Crippen molar-refractivity contribution in [2.45, 2.75) is 69.0 Å². The lowest BCUT2D eigenvalue weighted by molar-refractivity contribution is 0.0118. The van der Waals surface area contributed by atoms with Crippen molar-refractivity contribution in [1.82, 2.24) is 4.90 Å². The average molecular weight is 245 g/mol. The van der Waals surface area contributed by atoms with E-state index < -0.39 is 12.2 Å². The van der Waals surface area contributed by atoms with Gasteiger partial charge in [-0.15, -0.1) is 0 Å². The summed E-state index contributed by atoms with van der Waals surface area (Å²) in [4.78, 5) is 2.07. The Balaban J connectivity index is 2.02. The highest BCUT2D eigenvalue weighted by Gasteiger charge is 2.52. The second-order valence-corrected chi connectivity index (χ2v) is 5.40. The Morgan fingerprint density at radius 3 is 2.53 bits per heavy atom. The third kappa shape index (κ3) is 2.35. The van der Waals surface area contributed by atoms with Crippen LogP contribution in [0.25, 0.3) is 0 Å². The summed E-state index contributed by atoms with van der Waals surface area (Å²) >= 11 is 0. The Bertz CT molecular complexity index is 259. The van der Waals surface area contributed by atoms with Gasteiger partial charge in [-0.1, -0.05) is 0 Å². The number of hydrogen-bond acceptors (Lipinski definition) is 5. The van der Waals surface area contributed by atoms with Gasteiger partial charge in [-0.3, -0.25) is 4.90 Å². The second-order valence-electron chi connectivity index (χ2n) is 5.40. The maximum atomic E-state index is 9.91. The Morgan fingerprint density at radius 2 is 1.94 bits per heavy atom. The molecule has 0 amide bonds. The minimum Gasteiger partial charge on any atom is -0.395 e. The minimum atomic E-state index is -0.848. The Hall–Kier alpha value is -0.200. The van der Waals surface area contributed by atoms with Crippen LogP contribution >= 0.6 is 0 Å². The topological polar surface area (TPSA) is 84.2 Å². The number of nitrogens with zero attached hydrogens (tertiary/aromatic N) is 1. The van der Waals surface area contributed by atoms with E-state index in [-0.39, 0.29) is 30.8 Å². The van der Waals surface area contributed by atoms with Crippen molar-refractivity contribution in [1.29, 1.82) is 0 Å². The zero-order valence-corrected chi connectivity index (χ0v) is 10.2. The van der Waals surface area contributed by atoms with E-state index in [1.165, 1.54) is 0 Å². The number of fused-ring (bicyclic) bond motifs is 1. The molecule has 0 aromatic heterocycles. The summed E-state index contributed by atoms with van der Waals surface area (Å²) in [7, 11) is 0. The Morgan fingerprint density at radius 1 is 1.24 bits per heavy atom. The van der Waals surface area contributed by atoms with E-state index >= 15 is 0 Å². The van der Waals surface area contributed by atoms with Crippen molar-refractivity contribution in [3.05, 3.63) is 0 Å². The van der Waals surface area contributed by atoms with Crippen molar-refractivity contribution in [2.75, 3.05) is 6.61 Å². The minimum absolute atomic E-state index is 0.0267. The zero-order chi connectivity index (χ0) is 12.6. The van der Waals surface area contributed by atoms with E-state index in [9.17, 15) is 20.4 Å². The molecule has 2 aliphatic heterocycles. The molecular weight excluding hydrogens is 222 g/mol. The molecule has 0 aromatic carbocycles. The fourth-order valence-electron chi connectivity index (χ4n) is 3.36. The first-order chi connectivity index (χ1) is 8.06. The molecular formula is C12H23NO4. The highest BCUT2D eigenvalue weighted by atomic mass is 16.3. The molecule has 2 heterocycles. The maximum Gasteiger partial charge on any atom is 0.0991 e. The third-order valence-electron chi connectivity index (χ3n) is 4.23. The largest absolute Gasteiger partial charge is 0.395 e. The smallest absolute Gasteiger partial charge is 0.0991 e. The summed E-state index contributed by atoms with van der Waals surface area (Å²) < 4.78 is 0. The lowest BCUT2D eigenvalue weighted by Gasteiger charge is -2.30. The standard InChI is InChI=1S/C12H23NO4/c1-7(15)2-3-8-4-5-9-11(16)12(17)10(6-14)13(8)9/h7-12,14-17H,2-6H2,1H3. The Labute approximate surface area is 102 Å². The monoisotopic (exact) mass is 245 g/mol. The van der Waals surface area contributed by atoms with Gasteiger partial charge >= 0.3 is 0 Å². The highest BCUT2D eigenvalue weighted by Crippen LogP contribution is 2.38. The summed E-state index contributed by atoms with van der Waals surface area (Å²) in [5, 5.41) is 38.4. The van der Waals surface area contributed by atoms with Crippen LogP contribution in [-0.4, -0.2) is 68.4 Å². The number of aliphatic hydroxyl groups excluding tert-OH is 4. The molecule has 4 N–H and O–H groups in total. The zero-order valence-electron chi connectivity index (χ0n) is 10.2. The van der Waals surface area contributed by atoms with Gasteiger partial charge in [0.15, 0.2) is 0 Å². The van der Waals surface area contributed by atoms with Crippen LogP contribution in [0.1, 0.15) is 32.6 Å². The van der Waals surface area contributed by atoms with E-state index in [4.69, 9.17) is 0 Å². The molecule has 17 heavy (non-hydrogen) atoms. The fourth-order valence-corrected chi connectivity index (χ4v) is 3.36. The molecule has 6 unspecified atom stereocenters. The molecule has 0 aromatic rings. The molecule has 5 heteroatoms. The van der Waals surface area contributed by atoms with Gasteiger partial charge in [0.05, 0.1) is 31.0 Å². The summed E-state index contributed by atoms with van der Waals surface area (Å²) in [5.41, 5.74) is 0. The molecule has 0 aliphatic carbocycles. The molecule has 6 atom stereocenters. The van der Waals surface area contributed by atoms with Gasteiger partial charge in [-0.25, -0.2) is 0 Å². The predicted octanol–water partition coefficient (Wildman–Crippen LogP) is -0.923. The van der Waals surface area contributed by atoms with Crippen LogP contribution in [0.3, 0.4) is 0 Å². The van der Waals surface area contributed by atoms with Crippen LogP contribution in [0.2, 0.25) is 0 Å². The third-order valence-corrected chi connectivity index (χ3v) is 4.23. The highest BCUT2D eigenvalue weighted by molar-refractivity contribution is 5.06. The first-order valence-corrected chi connectivity index (χ1v) is 6.48. The molecule has 5 nitrogen and oxygen atoms in total. The van der Waals surface area contributed by atoms with Crippen molar-refractivity contribution in [3.63, 3.8) is 0 Å². The molecule has 2 rings (SSSR count). The van der Waals surface area contributed by atoms with Crippen LogP contribution in [0.15, 0.2) is 0 Å². The van der Waals surface area contributed by atoms with Gasteiger partial charge in [0.2, 0.25) is 0 Å². The predicted molar refractivity (Wildman–Crippen MR) is 62.5 cm³/mol. The molecule has 0 bridgehead atoms. The van der Waals surface area contributed by atoms with E-state index in [1.807, 2.05) is 0 Å². The van der Waals surface area contributed by atoms with Crippen molar-refractivity contribution in [3.8, 4) is 0 Å². The quantitative estimate of drug-likeness (QED) is 0.515. The van der Waals surface area contributed by atoms with E-state index in [2.05, 4.69) is 4.90 Å². The summed E-state index contributed by atoms with van der Waals surface area (Å²) in [6, 6.07) is -0.115. The van der Waals surface area contributed by atoms with Crippen molar-refractivity contribution < 1.29 is 20.4 Å². The van der Waals surface area contributed by atoms with Gasteiger partial charge in [0.1, 0.15) is 0 Å². The van der Waals surface area contributed by atoms with Gasteiger partial charge in [0.25, 0.3) is 0 Å². The van der Waals surface area contributed by atoms with Gasteiger partial charge in [-0.05, 0) is 32.6 Å². The number of hydrogen-bond donors (Lipinski definition) is 4. The average Bonchev–Trinajstić information content (AvgIpc) is 2.79. The van der Waals surface area contributed by atoms with Gasteiger partial charge in [0, 0.05) is 12.1 Å².